The summed E-state index contributed by atoms with van der Waals surface area (Å²) in [5.74, 6) is -1.62. The molecule has 0 aliphatic rings. The highest BCUT2D eigenvalue weighted by Gasteiger charge is 2.21. The normalized spacial score (nSPS) is 10.6. The molecule has 1 N–H and O–H groups in total. The van der Waals surface area contributed by atoms with Crippen LogP contribution in [-0.4, -0.2) is 41.1 Å². The fourth-order valence-electron chi connectivity index (χ4n) is 2.89. The zero-order valence-electron chi connectivity index (χ0n) is 16.6. The van der Waals surface area contributed by atoms with Gasteiger partial charge in [-0.05, 0) is 31.5 Å². The molecule has 2 heterocycles. The summed E-state index contributed by atoms with van der Waals surface area (Å²) in [4.78, 5) is 54.2. The van der Waals surface area contributed by atoms with E-state index < -0.39 is 23.4 Å². The highest BCUT2D eigenvalue weighted by molar-refractivity contribution is 7.20. The van der Waals surface area contributed by atoms with E-state index in [4.69, 9.17) is 9.47 Å². The number of carbonyl (C=O) groups is 3. The van der Waals surface area contributed by atoms with Crippen LogP contribution in [0.15, 0.2) is 35.4 Å². The highest BCUT2D eigenvalue weighted by atomic mass is 32.1. The van der Waals surface area contributed by atoms with Crippen molar-refractivity contribution in [3.63, 3.8) is 0 Å². The van der Waals surface area contributed by atoms with Crippen molar-refractivity contribution in [1.29, 1.82) is 0 Å². The molecule has 2 aromatic heterocycles. The maximum absolute atomic E-state index is 12.9. The fourth-order valence-corrected chi connectivity index (χ4v) is 3.92. The summed E-state index contributed by atoms with van der Waals surface area (Å²) >= 11 is 1.07. The third-order valence-electron chi connectivity index (χ3n) is 4.30. The van der Waals surface area contributed by atoms with Crippen LogP contribution in [0.2, 0.25) is 0 Å². The van der Waals surface area contributed by atoms with E-state index in [-0.39, 0.29) is 29.8 Å². The average molecular weight is 429 g/mol. The molecule has 1 aromatic carbocycles. The Morgan fingerprint density at radius 1 is 1.20 bits per heavy atom. The van der Waals surface area contributed by atoms with Gasteiger partial charge in [-0.1, -0.05) is 12.1 Å². The largest absolute Gasteiger partial charge is 0.465 e. The van der Waals surface area contributed by atoms with Gasteiger partial charge in [0, 0.05) is 0 Å². The first-order valence-corrected chi connectivity index (χ1v) is 9.81. The van der Waals surface area contributed by atoms with Crippen LogP contribution in [0, 0.1) is 6.92 Å². The number of benzene rings is 1. The number of fused-ring (bicyclic) bond motifs is 1. The Bertz CT molecular complexity index is 1200. The second-order valence-corrected chi connectivity index (χ2v) is 7.22. The first-order chi connectivity index (χ1) is 14.4. The van der Waals surface area contributed by atoms with Gasteiger partial charge in [0.1, 0.15) is 16.3 Å². The Hall–Kier alpha value is -3.53. The predicted octanol–water partition coefficient (Wildman–Crippen LogP) is 2.37. The number of methoxy groups -OCH3 is 1. The number of rotatable bonds is 6. The van der Waals surface area contributed by atoms with Crippen molar-refractivity contribution in [3.8, 4) is 0 Å². The zero-order chi connectivity index (χ0) is 21.8. The lowest BCUT2D eigenvalue weighted by Crippen LogP contribution is -2.28. The van der Waals surface area contributed by atoms with Crippen molar-refractivity contribution in [1.82, 2.24) is 9.55 Å². The number of hydrogen-bond acceptors (Lipinski definition) is 8. The van der Waals surface area contributed by atoms with Crippen LogP contribution in [0.5, 0.6) is 0 Å². The van der Waals surface area contributed by atoms with E-state index in [1.807, 2.05) is 0 Å². The quantitative estimate of drug-likeness (QED) is 0.598. The summed E-state index contributed by atoms with van der Waals surface area (Å²) in [6, 6.07) is 6.38. The number of nitrogens with zero attached hydrogens (tertiary/aromatic N) is 2. The minimum Gasteiger partial charge on any atom is -0.465 e. The second kappa shape index (κ2) is 8.87. The minimum absolute atomic E-state index is 0.196. The predicted molar refractivity (Wildman–Crippen MR) is 111 cm³/mol. The maximum Gasteiger partial charge on any atom is 0.348 e. The van der Waals surface area contributed by atoms with Crippen molar-refractivity contribution in [2.24, 2.45) is 0 Å². The Morgan fingerprint density at radius 2 is 1.93 bits per heavy atom. The molecule has 0 aliphatic heterocycles. The number of anilines is 1. The Morgan fingerprint density at radius 3 is 2.63 bits per heavy atom. The van der Waals surface area contributed by atoms with Crippen molar-refractivity contribution in [2.45, 2.75) is 20.4 Å². The Balaban J connectivity index is 1.88. The van der Waals surface area contributed by atoms with Crippen molar-refractivity contribution in [3.05, 3.63) is 57.0 Å². The third-order valence-corrected chi connectivity index (χ3v) is 5.48. The lowest BCUT2D eigenvalue weighted by atomic mass is 10.2. The molecule has 9 nitrogen and oxygen atoms in total. The number of para-hydroxylation sites is 1. The monoisotopic (exact) mass is 429 g/mol. The number of nitrogens with one attached hydrogen (secondary N) is 1. The lowest BCUT2D eigenvalue weighted by Gasteiger charge is -2.10. The minimum atomic E-state index is -0.591. The molecule has 0 spiro atoms. The third kappa shape index (κ3) is 4.08. The topological polar surface area (TPSA) is 117 Å². The molecule has 1 amide bonds. The number of aryl methyl sites for hydroxylation is 1. The molecule has 10 heteroatoms. The number of carbonyl (C=O) groups excluding carboxylic acids is 3. The van der Waals surface area contributed by atoms with Gasteiger partial charge in [-0.15, -0.1) is 11.3 Å². The Labute approximate surface area is 175 Å². The average Bonchev–Trinajstić information content (AvgIpc) is 3.07. The van der Waals surface area contributed by atoms with Crippen LogP contribution in [0.4, 0.5) is 5.69 Å². The van der Waals surface area contributed by atoms with Crippen molar-refractivity contribution < 1.29 is 23.9 Å². The van der Waals surface area contributed by atoms with Crippen LogP contribution in [-0.2, 0) is 20.8 Å². The van der Waals surface area contributed by atoms with Crippen molar-refractivity contribution in [2.75, 3.05) is 19.0 Å². The summed E-state index contributed by atoms with van der Waals surface area (Å²) in [6.07, 6.45) is 1.25. The molecule has 0 bridgehead atoms. The van der Waals surface area contributed by atoms with E-state index in [1.165, 1.54) is 19.5 Å². The maximum atomic E-state index is 12.9. The summed E-state index contributed by atoms with van der Waals surface area (Å²) in [5.41, 5.74) is 0.493. The zero-order valence-corrected chi connectivity index (χ0v) is 17.4. The smallest absolute Gasteiger partial charge is 0.348 e. The van der Waals surface area contributed by atoms with Crippen LogP contribution < -0.4 is 10.9 Å². The van der Waals surface area contributed by atoms with Crippen molar-refractivity contribution >= 4 is 45.1 Å². The molecule has 0 radical (unpaired) electrons. The standard InChI is InChI=1S/C20H19N3O6S/c1-4-29-20(27)16-11(2)15-17(30-16)21-10-23(18(15)25)9-14(24)22-13-8-6-5-7-12(13)19(26)28-3/h5-8,10H,4,9H2,1-3H3,(H,22,24). The summed E-state index contributed by atoms with van der Waals surface area (Å²) < 4.78 is 10.9. The second-order valence-electron chi connectivity index (χ2n) is 6.22. The van der Waals surface area contributed by atoms with Gasteiger partial charge in [-0.2, -0.15) is 0 Å². The molecule has 0 fully saturated rings. The number of aromatic nitrogens is 2. The summed E-state index contributed by atoms with van der Waals surface area (Å²) in [6.45, 7) is 3.24. The van der Waals surface area contributed by atoms with Gasteiger partial charge in [0.15, 0.2) is 0 Å². The van der Waals surface area contributed by atoms with E-state index >= 15 is 0 Å². The van der Waals surface area contributed by atoms with Crippen LogP contribution >= 0.6 is 11.3 Å². The van der Waals surface area contributed by atoms with Crippen LogP contribution in [0.25, 0.3) is 10.2 Å². The molecular formula is C20H19N3O6S. The molecule has 0 atom stereocenters. The van der Waals surface area contributed by atoms with Gasteiger partial charge in [-0.25, -0.2) is 14.6 Å². The van der Waals surface area contributed by atoms with E-state index in [2.05, 4.69) is 10.3 Å². The van der Waals surface area contributed by atoms with Gasteiger partial charge in [-0.3, -0.25) is 14.2 Å². The van der Waals surface area contributed by atoms with Crippen LogP contribution in [0.3, 0.4) is 0 Å². The van der Waals surface area contributed by atoms with E-state index in [9.17, 15) is 19.2 Å². The van der Waals surface area contributed by atoms with E-state index in [0.29, 0.717) is 15.3 Å². The highest BCUT2D eigenvalue weighted by Crippen LogP contribution is 2.27. The van der Waals surface area contributed by atoms with E-state index in [1.54, 1.807) is 32.0 Å². The number of amides is 1. The summed E-state index contributed by atoms with van der Waals surface area (Å²) in [7, 11) is 1.25. The van der Waals surface area contributed by atoms with Gasteiger partial charge in [0.25, 0.3) is 5.56 Å². The number of hydrogen-bond donors (Lipinski definition) is 1. The lowest BCUT2D eigenvalue weighted by molar-refractivity contribution is -0.116. The molecule has 0 aliphatic carbocycles. The van der Waals surface area contributed by atoms with E-state index in [0.717, 1.165) is 15.9 Å². The molecule has 0 saturated carbocycles. The summed E-state index contributed by atoms with van der Waals surface area (Å²) in [5, 5.41) is 2.88. The molecular weight excluding hydrogens is 410 g/mol. The fraction of sp³-hybridized carbons (Fsp3) is 0.250. The first-order valence-electron chi connectivity index (χ1n) is 9.00. The van der Waals surface area contributed by atoms with Gasteiger partial charge >= 0.3 is 11.9 Å². The molecule has 0 unspecified atom stereocenters. The first kappa shape index (κ1) is 21.2. The van der Waals surface area contributed by atoms with Gasteiger partial charge in [0.05, 0.1) is 36.7 Å². The SMILES string of the molecule is CCOC(=O)c1sc2ncn(CC(=O)Nc3ccccc3C(=O)OC)c(=O)c2c1C. The number of esters is 2. The molecule has 3 rings (SSSR count). The molecule has 0 saturated heterocycles. The molecule has 30 heavy (non-hydrogen) atoms. The van der Waals surface area contributed by atoms with Crippen LogP contribution in [0.1, 0.15) is 32.5 Å². The number of ether oxygens (including phenoxy) is 2. The van der Waals surface area contributed by atoms with Gasteiger partial charge < -0.3 is 14.8 Å². The van der Waals surface area contributed by atoms with Gasteiger partial charge in [0.2, 0.25) is 5.91 Å². The number of thiophene rings is 1. The Kier molecular flexibility index (Phi) is 6.26. The molecule has 3 aromatic rings. The molecule has 156 valence electrons.